The Bertz CT molecular complexity index is 893. The van der Waals surface area contributed by atoms with Crippen molar-refractivity contribution in [2.24, 2.45) is 0 Å². The summed E-state index contributed by atoms with van der Waals surface area (Å²) in [7, 11) is 0. The molecular weight excluding hydrogens is 318 g/mol. The third-order valence-corrected chi connectivity index (χ3v) is 4.41. The first-order valence-corrected chi connectivity index (χ1v) is 8.40. The molecule has 25 heavy (non-hydrogen) atoms. The molecule has 1 atom stereocenters. The quantitative estimate of drug-likeness (QED) is 0.789. The minimum Gasteiger partial charge on any atom is -0.441 e. The number of para-hydroxylation sites is 1. The van der Waals surface area contributed by atoms with E-state index in [2.05, 4.69) is 25.4 Å². The highest BCUT2D eigenvalue weighted by atomic mass is 16.3. The van der Waals surface area contributed by atoms with Crippen molar-refractivity contribution in [2.45, 2.75) is 25.8 Å². The second-order valence-electron chi connectivity index (χ2n) is 6.23. The van der Waals surface area contributed by atoms with Crippen molar-refractivity contribution in [2.75, 3.05) is 18.0 Å². The summed E-state index contributed by atoms with van der Waals surface area (Å²) in [4.78, 5) is 19.2. The van der Waals surface area contributed by atoms with E-state index in [-0.39, 0.29) is 11.9 Å². The lowest BCUT2D eigenvalue weighted by Crippen LogP contribution is -2.48. The molecule has 3 aromatic rings. The van der Waals surface area contributed by atoms with Crippen LogP contribution in [-0.4, -0.2) is 40.2 Å². The predicted octanol–water partition coefficient (Wildman–Crippen LogP) is 2.33. The van der Waals surface area contributed by atoms with E-state index in [9.17, 15) is 4.79 Å². The lowest BCUT2D eigenvalue weighted by atomic mass is 10.0. The number of anilines is 1. The Morgan fingerprint density at radius 2 is 2.24 bits per heavy atom. The Balaban J connectivity index is 1.50. The summed E-state index contributed by atoms with van der Waals surface area (Å²) in [5.74, 6) is 1.28. The van der Waals surface area contributed by atoms with Crippen LogP contribution in [0, 0.1) is 6.92 Å². The molecule has 2 aromatic heterocycles. The molecule has 0 radical (unpaired) electrons. The van der Waals surface area contributed by atoms with Crippen LogP contribution in [0.25, 0.3) is 11.1 Å². The number of rotatable bonds is 3. The van der Waals surface area contributed by atoms with Gasteiger partial charge in [0.1, 0.15) is 5.52 Å². The summed E-state index contributed by atoms with van der Waals surface area (Å²) in [5.41, 5.74) is 1.79. The molecule has 7 nitrogen and oxygen atoms in total. The molecule has 1 amide bonds. The van der Waals surface area contributed by atoms with Gasteiger partial charge in [0.25, 0.3) is 5.91 Å². The molecular formula is C18H19N5O2. The zero-order valence-corrected chi connectivity index (χ0v) is 14.0. The van der Waals surface area contributed by atoms with E-state index in [4.69, 9.17) is 4.42 Å². The van der Waals surface area contributed by atoms with Gasteiger partial charge in [-0.3, -0.25) is 4.79 Å². The maximum absolute atomic E-state index is 12.7. The van der Waals surface area contributed by atoms with Gasteiger partial charge in [0.15, 0.2) is 17.3 Å². The number of oxazole rings is 1. The third-order valence-electron chi connectivity index (χ3n) is 4.41. The second-order valence-corrected chi connectivity index (χ2v) is 6.23. The van der Waals surface area contributed by atoms with Crippen molar-refractivity contribution in [3.63, 3.8) is 0 Å². The number of nitrogens with zero attached hydrogens (tertiary/aromatic N) is 4. The molecule has 0 aliphatic carbocycles. The van der Waals surface area contributed by atoms with Crippen molar-refractivity contribution in [3.05, 3.63) is 48.0 Å². The Labute approximate surface area is 145 Å². The van der Waals surface area contributed by atoms with Gasteiger partial charge in [0.05, 0.1) is 5.56 Å². The second kappa shape index (κ2) is 6.51. The summed E-state index contributed by atoms with van der Waals surface area (Å²) < 4.78 is 5.51. The molecule has 1 N–H and O–H groups in total. The van der Waals surface area contributed by atoms with Crippen LogP contribution in [0.5, 0.6) is 0 Å². The van der Waals surface area contributed by atoms with Gasteiger partial charge in [-0.05, 0) is 37.1 Å². The number of hydrogen-bond donors (Lipinski definition) is 1. The number of aromatic nitrogens is 3. The van der Waals surface area contributed by atoms with E-state index < -0.39 is 0 Å². The Morgan fingerprint density at radius 3 is 3.08 bits per heavy atom. The number of benzene rings is 1. The molecule has 0 bridgehead atoms. The minimum absolute atomic E-state index is 0.0616. The molecule has 1 aliphatic rings. The summed E-state index contributed by atoms with van der Waals surface area (Å²) in [6.45, 7) is 3.42. The molecule has 0 spiro atoms. The molecule has 3 heterocycles. The molecule has 128 valence electrons. The summed E-state index contributed by atoms with van der Waals surface area (Å²) in [6, 6.07) is 9.29. The summed E-state index contributed by atoms with van der Waals surface area (Å²) in [6.07, 6.45) is 3.60. The Kier molecular flexibility index (Phi) is 4.05. The summed E-state index contributed by atoms with van der Waals surface area (Å²) >= 11 is 0. The number of fused-ring (bicyclic) bond motifs is 1. The number of amides is 1. The average Bonchev–Trinajstić information content (AvgIpc) is 3.02. The number of hydrogen-bond acceptors (Lipinski definition) is 6. The SMILES string of the molecule is Cc1nc2c(C(=O)N[C@H]3CCCN(c4cccnn4)C3)cccc2o1. The fourth-order valence-corrected chi connectivity index (χ4v) is 3.27. The van der Waals surface area contributed by atoms with Crippen molar-refractivity contribution in [1.29, 1.82) is 0 Å². The van der Waals surface area contributed by atoms with Crippen molar-refractivity contribution >= 4 is 22.8 Å². The van der Waals surface area contributed by atoms with Crippen molar-refractivity contribution in [1.82, 2.24) is 20.5 Å². The van der Waals surface area contributed by atoms with Gasteiger partial charge in [-0.2, -0.15) is 5.10 Å². The number of nitrogens with one attached hydrogen (secondary N) is 1. The van der Waals surface area contributed by atoms with Crippen LogP contribution in [0.3, 0.4) is 0 Å². The highest BCUT2D eigenvalue weighted by molar-refractivity contribution is 6.04. The fourth-order valence-electron chi connectivity index (χ4n) is 3.27. The normalized spacial score (nSPS) is 17.6. The molecule has 1 saturated heterocycles. The van der Waals surface area contributed by atoms with E-state index >= 15 is 0 Å². The molecule has 1 fully saturated rings. The van der Waals surface area contributed by atoms with Crippen LogP contribution < -0.4 is 10.2 Å². The van der Waals surface area contributed by atoms with E-state index in [0.29, 0.717) is 22.6 Å². The molecule has 0 unspecified atom stereocenters. The van der Waals surface area contributed by atoms with Gasteiger partial charge in [0.2, 0.25) is 0 Å². The molecule has 1 aliphatic heterocycles. The topological polar surface area (TPSA) is 84.2 Å². The van der Waals surface area contributed by atoms with Crippen LogP contribution in [0.1, 0.15) is 29.1 Å². The van der Waals surface area contributed by atoms with Crippen LogP contribution >= 0.6 is 0 Å². The molecule has 4 rings (SSSR count). The Morgan fingerprint density at radius 1 is 1.32 bits per heavy atom. The highest BCUT2D eigenvalue weighted by Gasteiger charge is 2.24. The van der Waals surface area contributed by atoms with Gasteiger partial charge in [-0.15, -0.1) is 5.10 Å². The van der Waals surface area contributed by atoms with E-state index in [1.807, 2.05) is 24.3 Å². The fraction of sp³-hybridized carbons (Fsp3) is 0.333. The van der Waals surface area contributed by atoms with Gasteiger partial charge in [-0.1, -0.05) is 6.07 Å². The highest BCUT2D eigenvalue weighted by Crippen LogP contribution is 2.21. The zero-order chi connectivity index (χ0) is 17.2. The van der Waals surface area contributed by atoms with E-state index in [1.165, 1.54) is 0 Å². The first-order valence-electron chi connectivity index (χ1n) is 8.40. The van der Waals surface area contributed by atoms with Crippen LogP contribution in [0.15, 0.2) is 40.9 Å². The number of carbonyl (C=O) groups excluding carboxylic acids is 1. The Hall–Kier alpha value is -2.96. The maximum Gasteiger partial charge on any atom is 0.253 e. The van der Waals surface area contributed by atoms with Crippen LogP contribution in [0.4, 0.5) is 5.82 Å². The monoisotopic (exact) mass is 337 g/mol. The smallest absolute Gasteiger partial charge is 0.253 e. The van der Waals surface area contributed by atoms with Gasteiger partial charge < -0.3 is 14.6 Å². The van der Waals surface area contributed by atoms with E-state index in [0.717, 1.165) is 31.7 Å². The largest absolute Gasteiger partial charge is 0.441 e. The first-order chi connectivity index (χ1) is 12.2. The molecule has 7 heteroatoms. The van der Waals surface area contributed by atoms with E-state index in [1.54, 1.807) is 19.2 Å². The van der Waals surface area contributed by atoms with Crippen molar-refractivity contribution < 1.29 is 9.21 Å². The number of carbonyl (C=O) groups is 1. The zero-order valence-electron chi connectivity index (χ0n) is 14.0. The number of piperidine rings is 1. The van der Waals surface area contributed by atoms with Gasteiger partial charge >= 0.3 is 0 Å². The standard InChI is InChI=1S/C18H19N5O2/c1-12-20-17-14(6-2-7-15(17)25-12)18(24)21-13-5-4-10-23(11-13)16-8-3-9-19-22-16/h2-3,6-9,13H,4-5,10-11H2,1H3,(H,21,24)/t13-/m0/s1. The summed E-state index contributed by atoms with van der Waals surface area (Å²) in [5, 5.41) is 11.2. The number of aryl methyl sites for hydroxylation is 1. The maximum atomic E-state index is 12.7. The average molecular weight is 337 g/mol. The lowest BCUT2D eigenvalue weighted by Gasteiger charge is -2.33. The lowest BCUT2D eigenvalue weighted by molar-refractivity contribution is 0.0934. The predicted molar refractivity (Wildman–Crippen MR) is 93.5 cm³/mol. The molecule has 0 saturated carbocycles. The van der Waals surface area contributed by atoms with Crippen LogP contribution in [0.2, 0.25) is 0 Å². The minimum atomic E-state index is -0.120. The first kappa shape index (κ1) is 15.6. The van der Waals surface area contributed by atoms with Crippen LogP contribution in [-0.2, 0) is 0 Å². The van der Waals surface area contributed by atoms with Gasteiger partial charge in [0, 0.05) is 32.3 Å². The van der Waals surface area contributed by atoms with Crippen molar-refractivity contribution in [3.8, 4) is 0 Å². The molecule has 1 aromatic carbocycles. The third kappa shape index (κ3) is 3.17. The van der Waals surface area contributed by atoms with Gasteiger partial charge in [-0.25, -0.2) is 4.98 Å².